The maximum Gasteiger partial charge on any atom is 0.280 e. The maximum absolute atomic E-state index is 11.8. The van der Waals surface area contributed by atoms with Gasteiger partial charge in [-0.25, -0.2) is 9.36 Å². The zero-order chi connectivity index (χ0) is 10.8. The summed E-state index contributed by atoms with van der Waals surface area (Å²) in [5, 5.41) is 12.2. The van der Waals surface area contributed by atoms with E-state index >= 15 is 0 Å². The van der Waals surface area contributed by atoms with Crippen LogP contribution >= 0.6 is 11.6 Å². The Hall–Kier alpha value is -1.43. The molecule has 0 atom stereocenters. The summed E-state index contributed by atoms with van der Waals surface area (Å²) in [4.78, 5) is 11.8. The molecule has 2 aromatic rings. The van der Waals surface area contributed by atoms with E-state index < -0.39 is 0 Å². The minimum Gasteiger partial charge on any atom is -0.267 e. The topological polar surface area (TPSA) is 65.6 Å². The van der Waals surface area contributed by atoms with Crippen LogP contribution in [0.25, 0.3) is 11.0 Å². The first-order valence-electron chi connectivity index (χ1n) is 4.55. The van der Waals surface area contributed by atoms with E-state index in [2.05, 4.69) is 15.4 Å². The van der Waals surface area contributed by atoms with Gasteiger partial charge in [-0.2, -0.15) is 5.10 Å². The third kappa shape index (κ3) is 1.72. The van der Waals surface area contributed by atoms with E-state index in [1.54, 1.807) is 7.05 Å². The first kappa shape index (κ1) is 10.1. The average Bonchev–Trinajstić information content (AvgIpc) is 2.61. The van der Waals surface area contributed by atoms with Gasteiger partial charge in [0, 0.05) is 19.5 Å². The number of hydrogen-bond acceptors (Lipinski definition) is 4. The molecule has 0 N–H and O–H groups in total. The van der Waals surface area contributed by atoms with Crippen LogP contribution in [-0.2, 0) is 13.6 Å². The molecule has 80 valence electrons. The van der Waals surface area contributed by atoms with Crippen molar-refractivity contribution in [1.29, 1.82) is 0 Å². The van der Waals surface area contributed by atoms with E-state index in [4.69, 9.17) is 11.6 Å². The summed E-state index contributed by atoms with van der Waals surface area (Å²) in [7, 11) is 1.72. The van der Waals surface area contributed by atoms with E-state index in [-0.39, 0.29) is 5.56 Å². The zero-order valence-corrected chi connectivity index (χ0v) is 8.98. The van der Waals surface area contributed by atoms with Crippen molar-refractivity contribution in [1.82, 2.24) is 24.8 Å². The SMILES string of the molecule is Cn1ncc2c(=O)n(CCCCl)nnc21. The Labute approximate surface area is 90.5 Å². The van der Waals surface area contributed by atoms with Crippen LogP contribution in [0.5, 0.6) is 0 Å². The van der Waals surface area contributed by atoms with Gasteiger partial charge < -0.3 is 0 Å². The Morgan fingerprint density at radius 2 is 2.33 bits per heavy atom. The smallest absolute Gasteiger partial charge is 0.267 e. The summed E-state index contributed by atoms with van der Waals surface area (Å²) < 4.78 is 2.84. The average molecular weight is 228 g/mol. The Morgan fingerprint density at radius 1 is 1.53 bits per heavy atom. The largest absolute Gasteiger partial charge is 0.280 e. The van der Waals surface area contributed by atoms with E-state index in [0.717, 1.165) is 0 Å². The number of hydrogen-bond donors (Lipinski definition) is 0. The lowest BCUT2D eigenvalue weighted by molar-refractivity contribution is 0.540. The van der Waals surface area contributed by atoms with Gasteiger partial charge in [0.1, 0.15) is 5.39 Å². The molecule has 0 bridgehead atoms. The van der Waals surface area contributed by atoms with Gasteiger partial charge in [-0.1, -0.05) is 5.21 Å². The highest BCUT2D eigenvalue weighted by atomic mass is 35.5. The third-order valence-electron chi connectivity index (χ3n) is 2.12. The molecule has 7 heteroatoms. The summed E-state index contributed by atoms with van der Waals surface area (Å²) in [6.07, 6.45) is 2.20. The van der Waals surface area contributed by atoms with E-state index in [1.807, 2.05) is 0 Å². The number of halogens is 1. The molecular weight excluding hydrogens is 218 g/mol. The fourth-order valence-electron chi connectivity index (χ4n) is 1.33. The van der Waals surface area contributed by atoms with Crippen molar-refractivity contribution < 1.29 is 0 Å². The fourth-order valence-corrected chi connectivity index (χ4v) is 1.45. The normalized spacial score (nSPS) is 11.1. The molecular formula is C8H10ClN5O. The van der Waals surface area contributed by atoms with E-state index in [0.29, 0.717) is 29.9 Å². The molecule has 2 heterocycles. The minimum absolute atomic E-state index is 0.168. The van der Waals surface area contributed by atoms with E-state index in [1.165, 1.54) is 15.6 Å². The van der Waals surface area contributed by atoms with Crippen LogP contribution in [0.2, 0.25) is 0 Å². The number of alkyl halides is 1. The van der Waals surface area contributed by atoms with Gasteiger partial charge in [-0.05, 0) is 6.42 Å². The standard InChI is InChI=1S/C8H10ClN5O/c1-13-7-6(5-10-13)8(15)14(12-11-7)4-2-3-9/h5H,2-4H2,1H3. The molecule has 15 heavy (non-hydrogen) atoms. The van der Waals surface area contributed by atoms with Crippen LogP contribution in [0.4, 0.5) is 0 Å². The van der Waals surface area contributed by atoms with Gasteiger partial charge in [0.15, 0.2) is 5.65 Å². The summed E-state index contributed by atoms with van der Waals surface area (Å²) in [5.41, 5.74) is 0.334. The molecule has 0 saturated heterocycles. The zero-order valence-electron chi connectivity index (χ0n) is 8.22. The third-order valence-corrected chi connectivity index (χ3v) is 2.39. The van der Waals surface area contributed by atoms with E-state index in [9.17, 15) is 4.79 Å². The summed E-state index contributed by atoms with van der Waals surface area (Å²) in [6.45, 7) is 0.486. The number of rotatable bonds is 3. The molecule has 6 nitrogen and oxygen atoms in total. The number of nitrogens with zero attached hydrogens (tertiary/aromatic N) is 5. The Balaban J connectivity index is 2.51. The molecule has 2 rings (SSSR count). The summed E-state index contributed by atoms with van der Waals surface area (Å²) >= 11 is 5.55. The highest BCUT2D eigenvalue weighted by Crippen LogP contribution is 2.01. The van der Waals surface area contributed by atoms with Crippen LogP contribution in [0.3, 0.4) is 0 Å². The maximum atomic E-state index is 11.8. The van der Waals surface area contributed by atoms with Gasteiger partial charge in [-0.15, -0.1) is 16.7 Å². The molecule has 0 aliphatic carbocycles. The van der Waals surface area contributed by atoms with Gasteiger partial charge in [0.2, 0.25) is 0 Å². The molecule has 0 fully saturated rings. The molecule has 0 saturated carbocycles. The molecule has 0 amide bonds. The molecule has 0 radical (unpaired) electrons. The van der Waals surface area contributed by atoms with Crippen molar-refractivity contribution in [2.45, 2.75) is 13.0 Å². The lowest BCUT2D eigenvalue weighted by atomic mass is 10.4. The van der Waals surface area contributed by atoms with Crippen LogP contribution in [-0.4, -0.2) is 30.7 Å². The second-order valence-electron chi connectivity index (χ2n) is 3.17. The molecule has 0 aromatic carbocycles. The lowest BCUT2D eigenvalue weighted by Crippen LogP contribution is -2.24. The highest BCUT2D eigenvalue weighted by molar-refractivity contribution is 6.17. The van der Waals surface area contributed by atoms with Gasteiger partial charge in [-0.3, -0.25) is 4.79 Å². The quantitative estimate of drug-likeness (QED) is 0.701. The molecule has 0 aliphatic rings. The lowest BCUT2D eigenvalue weighted by Gasteiger charge is -2.00. The number of aromatic nitrogens is 5. The van der Waals surface area contributed by atoms with Gasteiger partial charge >= 0.3 is 0 Å². The van der Waals surface area contributed by atoms with Crippen molar-refractivity contribution in [3.63, 3.8) is 0 Å². The Bertz CT molecular complexity index is 531. The van der Waals surface area contributed by atoms with Crippen molar-refractivity contribution in [2.24, 2.45) is 7.05 Å². The highest BCUT2D eigenvalue weighted by Gasteiger charge is 2.08. The molecule has 2 aromatic heterocycles. The Kier molecular flexibility index (Phi) is 2.68. The van der Waals surface area contributed by atoms with Gasteiger partial charge in [0.05, 0.1) is 6.20 Å². The van der Waals surface area contributed by atoms with Crippen molar-refractivity contribution >= 4 is 22.6 Å². The fraction of sp³-hybridized carbons (Fsp3) is 0.500. The molecule has 0 unspecified atom stereocenters. The number of aryl methyl sites for hydroxylation is 2. The van der Waals surface area contributed by atoms with Crippen molar-refractivity contribution in [3.05, 3.63) is 16.6 Å². The summed E-state index contributed by atoms with van der Waals surface area (Å²) in [5.74, 6) is 0.499. The molecule has 0 aliphatic heterocycles. The first-order chi connectivity index (χ1) is 7.24. The number of fused-ring (bicyclic) bond motifs is 1. The van der Waals surface area contributed by atoms with Crippen LogP contribution < -0.4 is 5.56 Å². The van der Waals surface area contributed by atoms with Crippen LogP contribution in [0, 0.1) is 0 Å². The first-order valence-corrected chi connectivity index (χ1v) is 5.09. The second-order valence-corrected chi connectivity index (χ2v) is 3.54. The summed E-state index contributed by atoms with van der Waals surface area (Å²) in [6, 6.07) is 0. The predicted molar refractivity (Wildman–Crippen MR) is 55.9 cm³/mol. The predicted octanol–water partition coefficient (Wildman–Crippen LogP) is 0.154. The van der Waals surface area contributed by atoms with Crippen LogP contribution in [0.1, 0.15) is 6.42 Å². The van der Waals surface area contributed by atoms with Crippen molar-refractivity contribution in [2.75, 3.05) is 5.88 Å². The van der Waals surface area contributed by atoms with Crippen molar-refractivity contribution in [3.8, 4) is 0 Å². The minimum atomic E-state index is -0.168. The Morgan fingerprint density at radius 3 is 3.07 bits per heavy atom. The molecule has 0 spiro atoms. The second kappa shape index (κ2) is 3.98. The van der Waals surface area contributed by atoms with Crippen LogP contribution in [0.15, 0.2) is 11.0 Å². The monoisotopic (exact) mass is 227 g/mol. The van der Waals surface area contributed by atoms with Gasteiger partial charge in [0.25, 0.3) is 5.56 Å².